The molecule has 29 heavy (non-hydrogen) atoms. The Hall–Kier alpha value is -2.02. The van der Waals surface area contributed by atoms with Crippen LogP contribution in [0.2, 0.25) is 10.3 Å². The fourth-order valence-corrected chi connectivity index (χ4v) is 4.59. The first-order chi connectivity index (χ1) is 13.9. The summed E-state index contributed by atoms with van der Waals surface area (Å²) in [6.45, 7) is 3.38. The maximum Gasteiger partial charge on any atom is 0.304 e. The van der Waals surface area contributed by atoms with Crippen LogP contribution < -0.4 is 9.47 Å². The molecule has 2 aliphatic heterocycles. The summed E-state index contributed by atoms with van der Waals surface area (Å²) in [5.74, 6) is 0.847. The van der Waals surface area contributed by atoms with Gasteiger partial charge in [0.25, 0.3) is 0 Å². The normalized spacial score (nSPS) is 17.7. The predicted octanol–water partition coefficient (Wildman–Crippen LogP) is 4.17. The van der Waals surface area contributed by atoms with E-state index in [-0.39, 0.29) is 11.8 Å². The number of hydrogen-bond donors (Lipinski definition) is 1. The van der Waals surface area contributed by atoms with Crippen LogP contribution >= 0.6 is 23.2 Å². The first kappa shape index (κ1) is 20.3. The van der Waals surface area contributed by atoms with Crippen molar-refractivity contribution in [1.82, 2.24) is 9.88 Å². The molecule has 4 rings (SSSR count). The van der Waals surface area contributed by atoms with E-state index in [2.05, 4.69) is 16.0 Å². The number of rotatable bonds is 6. The molecule has 3 heterocycles. The number of piperidine rings is 1. The summed E-state index contributed by atoms with van der Waals surface area (Å²) < 4.78 is 11.9. The first-order valence-electron chi connectivity index (χ1n) is 9.60. The Balaban J connectivity index is 1.40. The largest absolute Gasteiger partial charge is 0.492 e. The first-order valence-corrected chi connectivity index (χ1v) is 10.4. The molecule has 1 N–H and O–H groups in total. The van der Waals surface area contributed by atoms with Crippen LogP contribution in [0.1, 0.15) is 30.4 Å². The number of benzene rings is 1. The Morgan fingerprint density at radius 3 is 2.62 bits per heavy atom. The number of fused-ring (bicyclic) bond motifs is 2. The number of halogens is 2. The van der Waals surface area contributed by atoms with Crippen LogP contribution in [0.5, 0.6) is 11.5 Å². The van der Waals surface area contributed by atoms with Gasteiger partial charge in [-0.15, -0.1) is 0 Å². The van der Waals surface area contributed by atoms with Gasteiger partial charge in [-0.05, 0) is 49.7 Å². The molecule has 8 heteroatoms. The van der Waals surface area contributed by atoms with Crippen LogP contribution in [0.25, 0.3) is 0 Å². The van der Waals surface area contributed by atoms with Crippen LogP contribution in [0.3, 0.4) is 0 Å². The van der Waals surface area contributed by atoms with Crippen LogP contribution in [0.4, 0.5) is 0 Å². The third kappa shape index (κ3) is 4.60. The molecule has 6 nitrogen and oxygen atoms in total. The fourth-order valence-electron chi connectivity index (χ4n) is 4.08. The Bertz CT molecular complexity index is 893. The number of likely N-dealkylation sites (tertiary alicyclic amines) is 1. The van der Waals surface area contributed by atoms with Gasteiger partial charge in [-0.1, -0.05) is 29.3 Å². The van der Waals surface area contributed by atoms with Gasteiger partial charge in [0.05, 0.1) is 13.0 Å². The van der Waals surface area contributed by atoms with Gasteiger partial charge in [0.15, 0.2) is 0 Å². The minimum atomic E-state index is -0.747. The van der Waals surface area contributed by atoms with Crippen molar-refractivity contribution in [3.05, 3.63) is 51.8 Å². The topological polar surface area (TPSA) is 71.9 Å². The second-order valence-electron chi connectivity index (χ2n) is 7.62. The predicted molar refractivity (Wildman–Crippen MR) is 110 cm³/mol. The second-order valence-corrected chi connectivity index (χ2v) is 8.40. The summed E-state index contributed by atoms with van der Waals surface area (Å²) >= 11 is 11.9. The molecule has 0 amide bonds. The number of carbonyl (C=O) groups is 1. The van der Waals surface area contributed by atoms with Crippen LogP contribution in [-0.4, -0.2) is 47.2 Å². The van der Waals surface area contributed by atoms with Crippen molar-refractivity contribution in [3.63, 3.8) is 0 Å². The molecule has 1 spiro atoms. The van der Waals surface area contributed by atoms with E-state index < -0.39 is 5.97 Å². The Kier molecular flexibility index (Phi) is 5.86. The van der Waals surface area contributed by atoms with Crippen molar-refractivity contribution in [1.29, 1.82) is 0 Å². The van der Waals surface area contributed by atoms with Crippen LogP contribution in [-0.2, 0) is 16.8 Å². The Morgan fingerprint density at radius 2 is 1.93 bits per heavy atom. The van der Waals surface area contributed by atoms with Gasteiger partial charge >= 0.3 is 5.97 Å². The lowest BCUT2D eigenvalue weighted by molar-refractivity contribution is -0.137. The van der Waals surface area contributed by atoms with Gasteiger partial charge in [0.2, 0.25) is 0 Å². The zero-order valence-electron chi connectivity index (χ0n) is 15.9. The van der Waals surface area contributed by atoms with Gasteiger partial charge in [0, 0.05) is 23.6 Å². The minimum absolute atomic E-state index is 0.0136. The number of aliphatic carboxylic acids is 1. The number of ether oxygens (including phenoxy) is 2. The van der Waals surface area contributed by atoms with Crippen LogP contribution in [0.15, 0.2) is 30.3 Å². The minimum Gasteiger partial charge on any atom is -0.492 e. The molecule has 2 aromatic rings. The molecule has 1 saturated heterocycles. The number of aromatic nitrogens is 1. The van der Waals surface area contributed by atoms with Crippen molar-refractivity contribution in [2.75, 3.05) is 26.2 Å². The molecule has 0 atom stereocenters. The quantitative estimate of drug-likeness (QED) is 0.685. The SMILES string of the molecule is O=C(O)CCN1CCC2(CC1)COc1cc(OCc3cc(Cl)nc(Cl)c3)ccc12. The molecule has 154 valence electrons. The number of pyridine rings is 1. The van der Waals surface area contributed by atoms with E-state index in [4.69, 9.17) is 37.8 Å². The monoisotopic (exact) mass is 436 g/mol. The summed E-state index contributed by atoms with van der Waals surface area (Å²) in [7, 11) is 0. The lowest BCUT2D eigenvalue weighted by atomic mass is 9.74. The maximum atomic E-state index is 10.8. The molecule has 1 aromatic heterocycles. The van der Waals surface area contributed by atoms with Crippen molar-refractivity contribution >= 4 is 29.2 Å². The lowest BCUT2D eigenvalue weighted by Crippen LogP contribution is -2.44. The van der Waals surface area contributed by atoms with E-state index in [0.717, 1.165) is 43.0 Å². The summed E-state index contributed by atoms with van der Waals surface area (Å²) in [4.78, 5) is 16.9. The highest BCUT2D eigenvalue weighted by molar-refractivity contribution is 6.32. The third-order valence-corrected chi connectivity index (χ3v) is 6.10. The molecule has 1 fully saturated rings. The van der Waals surface area contributed by atoms with E-state index in [1.165, 1.54) is 5.56 Å². The van der Waals surface area contributed by atoms with Gasteiger partial charge in [0.1, 0.15) is 28.4 Å². The van der Waals surface area contributed by atoms with Crippen molar-refractivity contribution in [2.24, 2.45) is 0 Å². The standard InChI is InChI=1S/C21H22Cl2N2O4/c22-18-9-14(10-19(23)24-18)12-28-15-1-2-16-17(11-15)29-13-21(16)4-7-25(8-5-21)6-3-20(26)27/h1-2,9-11H,3-8,12-13H2,(H,26,27). The van der Waals surface area contributed by atoms with Crippen molar-refractivity contribution in [2.45, 2.75) is 31.3 Å². The molecular formula is C21H22Cl2N2O4. The summed E-state index contributed by atoms with van der Waals surface area (Å²) in [5.41, 5.74) is 2.08. The van der Waals surface area contributed by atoms with Gasteiger partial charge < -0.3 is 19.5 Å². The van der Waals surface area contributed by atoms with E-state index in [9.17, 15) is 4.79 Å². The third-order valence-electron chi connectivity index (χ3n) is 5.71. The van der Waals surface area contributed by atoms with Gasteiger partial charge in [-0.25, -0.2) is 4.98 Å². The second kappa shape index (κ2) is 8.38. The molecule has 0 saturated carbocycles. The summed E-state index contributed by atoms with van der Waals surface area (Å²) in [6, 6.07) is 9.45. The van der Waals surface area contributed by atoms with Gasteiger partial charge in [-0.3, -0.25) is 4.79 Å². The number of carboxylic acid groups (broad SMARTS) is 1. The highest BCUT2D eigenvalue weighted by Crippen LogP contribution is 2.46. The molecule has 2 aliphatic rings. The van der Waals surface area contributed by atoms with E-state index >= 15 is 0 Å². The van der Waals surface area contributed by atoms with Crippen molar-refractivity contribution < 1.29 is 19.4 Å². The Labute approximate surface area is 179 Å². The maximum absolute atomic E-state index is 10.8. The molecular weight excluding hydrogens is 415 g/mol. The molecule has 0 aliphatic carbocycles. The summed E-state index contributed by atoms with van der Waals surface area (Å²) in [5, 5.41) is 9.55. The highest BCUT2D eigenvalue weighted by atomic mass is 35.5. The Morgan fingerprint density at radius 1 is 1.21 bits per heavy atom. The molecule has 0 bridgehead atoms. The smallest absolute Gasteiger partial charge is 0.304 e. The number of hydrogen-bond acceptors (Lipinski definition) is 5. The summed E-state index contributed by atoms with van der Waals surface area (Å²) in [6.07, 6.45) is 2.12. The fraction of sp³-hybridized carbons (Fsp3) is 0.429. The zero-order valence-corrected chi connectivity index (χ0v) is 17.4. The molecule has 0 unspecified atom stereocenters. The molecule has 1 aromatic carbocycles. The zero-order chi connectivity index (χ0) is 20.4. The van der Waals surface area contributed by atoms with Gasteiger partial charge in [-0.2, -0.15) is 0 Å². The van der Waals surface area contributed by atoms with E-state index in [1.807, 2.05) is 12.1 Å². The highest BCUT2D eigenvalue weighted by Gasteiger charge is 2.43. The average molecular weight is 437 g/mol. The van der Waals surface area contributed by atoms with Crippen molar-refractivity contribution in [3.8, 4) is 11.5 Å². The lowest BCUT2D eigenvalue weighted by Gasteiger charge is -2.38. The average Bonchev–Trinajstić information content (AvgIpc) is 3.03. The molecule has 0 radical (unpaired) electrons. The van der Waals surface area contributed by atoms with Crippen LogP contribution in [0, 0.1) is 0 Å². The van der Waals surface area contributed by atoms with E-state index in [1.54, 1.807) is 12.1 Å². The number of nitrogens with zero attached hydrogens (tertiary/aromatic N) is 2. The number of carboxylic acids is 1. The van der Waals surface area contributed by atoms with E-state index in [0.29, 0.717) is 30.1 Å².